The van der Waals surface area contributed by atoms with Gasteiger partial charge >= 0.3 is 12.1 Å². The van der Waals surface area contributed by atoms with Crippen molar-refractivity contribution < 1.29 is 23.1 Å². The highest BCUT2D eigenvalue weighted by atomic mass is 19.4. The summed E-state index contributed by atoms with van der Waals surface area (Å²) in [5.74, 6) is -0.965. The summed E-state index contributed by atoms with van der Waals surface area (Å²) in [5.41, 5.74) is -0.997. The van der Waals surface area contributed by atoms with Crippen molar-refractivity contribution in [1.82, 2.24) is 4.98 Å². The lowest BCUT2D eigenvalue weighted by atomic mass is 10.1. The number of nitrogens with zero attached hydrogens (tertiary/aromatic N) is 1. The van der Waals surface area contributed by atoms with Crippen LogP contribution in [0, 0.1) is 0 Å². The molecule has 4 nitrogen and oxygen atoms in total. The molecule has 0 aliphatic rings. The molecule has 0 aliphatic carbocycles. The molecule has 0 bridgehead atoms. The molecule has 1 rings (SSSR count). The van der Waals surface area contributed by atoms with E-state index >= 15 is 0 Å². The van der Waals surface area contributed by atoms with Crippen LogP contribution in [0.3, 0.4) is 0 Å². The maximum Gasteiger partial charge on any atom is 0.433 e. The number of pyridine rings is 1. The number of carboxylic acid groups (broad SMARTS) is 1. The third kappa shape index (κ3) is 5.15. The van der Waals surface area contributed by atoms with E-state index in [2.05, 4.69) is 10.3 Å². The zero-order valence-corrected chi connectivity index (χ0v) is 10.4. The first kappa shape index (κ1) is 15.3. The van der Waals surface area contributed by atoms with Gasteiger partial charge in [-0.05, 0) is 18.6 Å². The van der Waals surface area contributed by atoms with Crippen LogP contribution in [0.2, 0.25) is 0 Å². The predicted octanol–water partition coefficient (Wildman–Crippen LogP) is 3.16. The van der Waals surface area contributed by atoms with Crippen LogP contribution in [-0.4, -0.2) is 22.1 Å². The second kappa shape index (κ2) is 6.40. The summed E-state index contributed by atoms with van der Waals surface area (Å²) in [6, 6.07) is 3.07. The summed E-state index contributed by atoms with van der Waals surface area (Å²) in [5, 5.41) is 11.5. The summed E-state index contributed by atoms with van der Waals surface area (Å²) in [7, 11) is 0. The average molecular weight is 276 g/mol. The number of rotatable bonds is 6. The molecule has 0 radical (unpaired) electrons. The predicted molar refractivity (Wildman–Crippen MR) is 63.8 cm³/mol. The first-order valence-electron chi connectivity index (χ1n) is 5.85. The Hall–Kier alpha value is -1.79. The van der Waals surface area contributed by atoms with Gasteiger partial charge in [0.25, 0.3) is 0 Å². The van der Waals surface area contributed by atoms with E-state index in [9.17, 15) is 18.0 Å². The Labute approximate surface area is 108 Å². The molecule has 7 heteroatoms. The maximum absolute atomic E-state index is 12.5. The van der Waals surface area contributed by atoms with Gasteiger partial charge in [-0.2, -0.15) is 13.2 Å². The highest BCUT2D eigenvalue weighted by Gasteiger charge is 2.32. The highest BCUT2D eigenvalue weighted by molar-refractivity contribution is 5.68. The monoisotopic (exact) mass is 276 g/mol. The average Bonchev–Trinajstić information content (AvgIpc) is 2.27. The summed E-state index contributed by atoms with van der Waals surface area (Å²) in [4.78, 5) is 14.1. The lowest BCUT2D eigenvalue weighted by molar-refractivity contribution is -0.141. The van der Waals surface area contributed by atoms with Crippen LogP contribution in [-0.2, 0) is 11.0 Å². The Morgan fingerprint density at radius 3 is 2.68 bits per heavy atom. The van der Waals surface area contributed by atoms with Gasteiger partial charge in [-0.15, -0.1) is 0 Å². The molecule has 0 aromatic carbocycles. The minimum atomic E-state index is -4.51. The van der Waals surface area contributed by atoms with E-state index in [-0.39, 0.29) is 12.2 Å². The summed E-state index contributed by atoms with van der Waals surface area (Å²) in [6.45, 7) is 1.87. The Bertz CT molecular complexity index is 435. The van der Waals surface area contributed by atoms with Crippen LogP contribution < -0.4 is 5.32 Å². The molecule has 2 N–H and O–H groups in total. The number of carbonyl (C=O) groups is 1. The van der Waals surface area contributed by atoms with Crippen molar-refractivity contribution in [1.29, 1.82) is 0 Å². The molecule has 1 unspecified atom stereocenters. The molecule has 0 saturated heterocycles. The normalized spacial score (nSPS) is 13.1. The van der Waals surface area contributed by atoms with Crippen LogP contribution in [0.4, 0.5) is 19.0 Å². The van der Waals surface area contributed by atoms with Crippen molar-refractivity contribution >= 4 is 11.8 Å². The SMILES string of the molecule is CCCC(CC(=O)O)Nc1cccc(C(F)(F)F)n1. The number of anilines is 1. The summed E-state index contributed by atoms with van der Waals surface area (Å²) in [6.07, 6.45) is -3.40. The zero-order chi connectivity index (χ0) is 14.5. The number of nitrogens with one attached hydrogen (secondary N) is 1. The van der Waals surface area contributed by atoms with E-state index in [1.165, 1.54) is 12.1 Å². The third-order valence-corrected chi connectivity index (χ3v) is 2.45. The van der Waals surface area contributed by atoms with Crippen LogP contribution in [0.1, 0.15) is 31.9 Å². The van der Waals surface area contributed by atoms with Crippen molar-refractivity contribution in [3.05, 3.63) is 23.9 Å². The van der Waals surface area contributed by atoms with Gasteiger partial charge in [0.15, 0.2) is 0 Å². The van der Waals surface area contributed by atoms with E-state index in [4.69, 9.17) is 5.11 Å². The topological polar surface area (TPSA) is 62.2 Å². The van der Waals surface area contributed by atoms with Gasteiger partial charge in [0.2, 0.25) is 0 Å². The number of aliphatic carboxylic acids is 1. The van der Waals surface area contributed by atoms with Crippen molar-refractivity contribution in [3.8, 4) is 0 Å². The van der Waals surface area contributed by atoms with Gasteiger partial charge in [-0.3, -0.25) is 4.79 Å². The largest absolute Gasteiger partial charge is 0.481 e. The van der Waals surface area contributed by atoms with E-state index in [0.717, 1.165) is 12.5 Å². The van der Waals surface area contributed by atoms with Gasteiger partial charge in [-0.25, -0.2) is 4.98 Å². The molecular formula is C12H15F3N2O2. The molecule has 0 spiro atoms. The van der Waals surface area contributed by atoms with E-state index in [1.807, 2.05) is 6.92 Å². The van der Waals surface area contributed by atoms with Crippen LogP contribution in [0.5, 0.6) is 0 Å². The Morgan fingerprint density at radius 2 is 2.16 bits per heavy atom. The molecule has 0 fully saturated rings. The molecular weight excluding hydrogens is 261 g/mol. The first-order valence-corrected chi connectivity index (χ1v) is 5.85. The lowest BCUT2D eigenvalue weighted by Gasteiger charge is -2.17. The van der Waals surface area contributed by atoms with Crippen LogP contribution >= 0.6 is 0 Å². The number of hydrogen-bond donors (Lipinski definition) is 2. The molecule has 19 heavy (non-hydrogen) atoms. The number of aromatic nitrogens is 1. The molecule has 1 atom stereocenters. The highest BCUT2D eigenvalue weighted by Crippen LogP contribution is 2.28. The zero-order valence-electron chi connectivity index (χ0n) is 10.4. The fourth-order valence-electron chi connectivity index (χ4n) is 1.67. The van der Waals surface area contributed by atoms with E-state index in [1.54, 1.807) is 0 Å². The van der Waals surface area contributed by atoms with E-state index < -0.39 is 23.9 Å². The minimum Gasteiger partial charge on any atom is -0.481 e. The number of carboxylic acids is 1. The van der Waals surface area contributed by atoms with E-state index in [0.29, 0.717) is 6.42 Å². The fraction of sp³-hybridized carbons (Fsp3) is 0.500. The standard InChI is InChI=1S/C12H15F3N2O2/c1-2-4-8(7-11(18)19)16-10-6-3-5-9(17-10)12(13,14)15/h3,5-6,8H,2,4,7H2,1H3,(H,16,17)(H,18,19). The van der Waals surface area contributed by atoms with Gasteiger partial charge in [0.05, 0.1) is 6.42 Å². The molecule has 0 saturated carbocycles. The minimum absolute atomic E-state index is 0.0366. The lowest BCUT2D eigenvalue weighted by Crippen LogP contribution is -2.24. The molecule has 1 aromatic rings. The van der Waals surface area contributed by atoms with Gasteiger partial charge in [-0.1, -0.05) is 19.4 Å². The number of alkyl halides is 3. The van der Waals surface area contributed by atoms with Crippen molar-refractivity contribution in [2.75, 3.05) is 5.32 Å². The molecule has 0 amide bonds. The van der Waals surface area contributed by atoms with Gasteiger partial charge < -0.3 is 10.4 Å². The second-order valence-corrected chi connectivity index (χ2v) is 4.13. The van der Waals surface area contributed by atoms with Crippen molar-refractivity contribution in [2.24, 2.45) is 0 Å². The molecule has 1 aromatic heterocycles. The Morgan fingerprint density at radius 1 is 1.47 bits per heavy atom. The van der Waals surface area contributed by atoms with Crippen molar-refractivity contribution in [2.45, 2.75) is 38.4 Å². The smallest absolute Gasteiger partial charge is 0.433 e. The molecule has 106 valence electrons. The number of hydrogen-bond acceptors (Lipinski definition) is 3. The van der Waals surface area contributed by atoms with Gasteiger partial charge in [0.1, 0.15) is 11.5 Å². The molecule has 1 heterocycles. The third-order valence-electron chi connectivity index (χ3n) is 2.45. The maximum atomic E-state index is 12.5. The van der Waals surface area contributed by atoms with Crippen LogP contribution in [0.15, 0.2) is 18.2 Å². The summed E-state index contributed by atoms with van der Waals surface area (Å²) < 4.78 is 37.4. The second-order valence-electron chi connectivity index (χ2n) is 4.13. The number of halogens is 3. The fourth-order valence-corrected chi connectivity index (χ4v) is 1.67. The Kier molecular flexibility index (Phi) is 5.14. The quantitative estimate of drug-likeness (QED) is 0.837. The molecule has 0 aliphatic heterocycles. The Balaban J connectivity index is 2.81. The van der Waals surface area contributed by atoms with Crippen LogP contribution in [0.25, 0.3) is 0 Å². The van der Waals surface area contributed by atoms with Gasteiger partial charge in [0, 0.05) is 6.04 Å². The van der Waals surface area contributed by atoms with Crippen molar-refractivity contribution in [3.63, 3.8) is 0 Å². The summed E-state index contributed by atoms with van der Waals surface area (Å²) >= 11 is 0. The first-order chi connectivity index (χ1) is 8.82.